The van der Waals surface area contributed by atoms with Crippen LogP contribution < -0.4 is 4.90 Å². The molecule has 0 heterocycles. The Bertz CT molecular complexity index is 490. The Balaban J connectivity index is 0.000000769. The second-order valence-corrected chi connectivity index (χ2v) is 8.47. The zero-order valence-corrected chi connectivity index (χ0v) is 19.8. The second kappa shape index (κ2) is 20.7. The van der Waals surface area contributed by atoms with Gasteiger partial charge in [0.2, 0.25) is 0 Å². The number of hydrogen-bond acceptors (Lipinski definition) is 3. The topological polar surface area (TPSA) is 60.8 Å². The normalized spacial score (nSPS) is 11.5. The maximum Gasteiger partial charge on any atom is 0.332 e. The molecule has 4 nitrogen and oxygen atoms in total. The van der Waals surface area contributed by atoms with Crippen molar-refractivity contribution in [1.82, 2.24) is 0 Å². The largest absolute Gasteiger partial charge is 0.479 e. The first kappa shape index (κ1) is 28.5. The van der Waals surface area contributed by atoms with Crippen molar-refractivity contribution in [2.75, 3.05) is 19.0 Å². The molecule has 0 aliphatic carbocycles. The number of carboxylic acid groups (broad SMARTS) is 1. The smallest absolute Gasteiger partial charge is 0.332 e. The van der Waals surface area contributed by atoms with Crippen LogP contribution in [0.15, 0.2) is 30.3 Å². The van der Waals surface area contributed by atoms with E-state index in [4.69, 9.17) is 10.2 Å². The van der Waals surface area contributed by atoms with E-state index >= 15 is 0 Å². The lowest BCUT2D eigenvalue weighted by atomic mass is 10.0. The number of carbonyl (C=O) groups is 1. The van der Waals surface area contributed by atoms with Crippen LogP contribution in [0.3, 0.4) is 0 Å². The van der Waals surface area contributed by atoms with Gasteiger partial charge in [-0.05, 0) is 18.6 Å². The van der Waals surface area contributed by atoms with Crippen LogP contribution in [0.5, 0.6) is 0 Å². The minimum absolute atomic E-state index is 0.396. The number of rotatable bonds is 17. The lowest BCUT2D eigenvalue weighted by molar-refractivity contribution is -0.146. The average Bonchev–Trinajstić information content (AvgIpc) is 2.74. The Morgan fingerprint density at radius 3 is 1.50 bits per heavy atom. The summed E-state index contributed by atoms with van der Waals surface area (Å²) in [6.07, 6.45) is 17.3. The van der Waals surface area contributed by atoms with Gasteiger partial charge in [-0.25, -0.2) is 4.79 Å². The average molecular weight is 422 g/mol. The number of benzene rings is 1. The minimum Gasteiger partial charge on any atom is -0.479 e. The molecule has 0 aliphatic rings. The van der Waals surface area contributed by atoms with Crippen LogP contribution in [0.2, 0.25) is 0 Å². The third kappa shape index (κ3) is 18.5. The highest BCUT2D eigenvalue weighted by Gasteiger charge is 2.11. The van der Waals surface area contributed by atoms with Crippen molar-refractivity contribution in [2.45, 2.75) is 109 Å². The number of hydrogen-bond donors (Lipinski definition) is 2. The summed E-state index contributed by atoms with van der Waals surface area (Å²) in [6, 6.07) is 10.3. The molecule has 0 amide bonds. The van der Waals surface area contributed by atoms with Gasteiger partial charge in [0.1, 0.15) is 0 Å². The lowest BCUT2D eigenvalue weighted by Gasteiger charge is -2.10. The highest BCUT2D eigenvalue weighted by molar-refractivity contribution is 5.71. The summed E-state index contributed by atoms with van der Waals surface area (Å²) in [5.74, 6) is -1.09. The zero-order valence-electron chi connectivity index (χ0n) is 19.8. The molecule has 0 saturated heterocycles. The molecule has 0 bridgehead atoms. The molecular formula is C26H47NO3. The van der Waals surface area contributed by atoms with E-state index < -0.39 is 12.1 Å². The van der Waals surface area contributed by atoms with Crippen LogP contribution in [-0.4, -0.2) is 36.4 Å². The summed E-state index contributed by atoms with van der Waals surface area (Å²) in [6.45, 7) is 2.26. The van der Waals surface area contributed by atoms with E-state index in [9.17, 15) is 4.79 Å². The van der Waals surface area contributed by atoms with Crippen molar-refractivity contribution in [2.24, 2.45) is 0 Å². The van der Waals surface area contributed by atoms with E-state index in [0.717, 1.165) is 12.8 Å². The second-order valence-electron chi connectivity index (χ2n) is 8.47. The summed E-state index contributed by atoms with van der Waals surface area (Å²) in [5, 5.41) is 17.7. The van der Waals surface area contributed by atoms with E-state index in [-0.39, 0.29) is 0 Å². The third-order valence-electron chi connectivity index (χ3n) is 5.39. The molecule has 0 fully saturated rings. The van der Waals surface area contributed by atoms with Crippen molar-refractivity contribution in [3.8, 4) is 0 Å². The van der Waals surface area contributed by atoms with Gasteiger partial charge < -0.3 is 15.1 Å². The molecule has 1 atom stereocenters. The number of anilines is 1. The summed E-state index contributed by atoms with van der Waals surface area (Å²) in [5.41, 5.74) is 1.25. The first-order chi connectivity index (χ1) is 14.5. The molecule has 0 saturated carbocycles. The SMILES string of the molecule is CCCCCCCCCCCCCCCCC(O)C(=O)O.CN(C)c1ccccc1. The summed E-state index contributed by atoms with van der Waals surface area (Å²) < 4.78 is 0. The molecule has 1 unspecified atom stereocenters. The molecule has 0 radical (unpaired) electrons. The fourth-order valence-electron chi connectivity index (χ4n) is 3.38. The highest BCUT2D eigenvalue weighted by Crippen LogP contribution is 2.13. The van der Waals surface area contributed by atoms with Gasteiger partial charge in [0, 0.05) is 19.8 Å². The number of carboxylic acids is 1. The number of aliphatic carboxylic acids is 1. The molecule has 174 valence electrons. The van der Waals surface area contributed by atoms with Crippen molar-refractivity contribution >= 4 is 11.7 Å². The summed E-state index contributed by atoms with van der Waals surface area (Å²) in [4.78, 5) is 12.5. The van der Waals surface area contributed by atoms with Gasteiger partial charge >= 0.3 is 5.97 Å². The van der Waals surface area contributed by atoms with Crippen LogP contribution in [-0.2, 0) is 4.79 Å². The fourth-order valence-corrected chi connectivity index (χ4v) is 3.38. The van der Waals surface area contributed by atoms with E-state index in [2.05, 4.69) is 24.0 Å². The van der Waals surface area contributed by atoms with Gasteiger partial charge in [-0.1, -0.05) is 115 Å². The van der Waals surface area contributed by atoms with Crippen molar-refractivity contribution in [1.29, 1.82) is 0 Å². The Morgan fingerprint density at radius 1 is 0.767 bits per heavy atom. The van der Waals surface area contributed by atoms with Gasteiger partial charge in [-0.2, -0.15) is 0 Å². The summed E-state index contributed by atoms with van der Waals surface area (Å²) in [7, 11) is 4.07. The molecule has 1 rings (SSSR count). The van der Waals surface area contributed by atoms with Gasteiger partial charge in [0.25, 0.3) is 0 Å². The molecule has 30 heavy (non-hydrogen) atoms. The number of unbranched alkanes of at least 4 members (excludes halogenated alkanes) is 13. The number of para-hydroxylation sites is 1. The van der Waals surface area contributed by atoms with Gasteiger partial charge in [-0.15, -0.1) is 0 Å². The van der Waals surface area contributed by atoms with Crippen LogP contribution in [0, 0.1) is 0 Å². The Hall–Kier alpha value is -1.55. The quantitative estimate of drug-likeness (QED) is 0.264. The standard InChI is InChI=1S/C18H36O3.C8H11N/c1-2-3-4-5-6-7-8-9-10-11-12-13-14-15-16-17(19)18(20)21;1-9(2)8-6-4-3-5-7-8/h17,19H,2-16H2,1H3,(H,20,21);3-7H,1-2H3. The van der Waals surface area contributed by atoms with Gasteiger partial charge in [0.05, 0.1) is 0 Å². The predicted molar refractivity (Wildman–Crippen MR) is 129 cm³/mol. The van der Waals surface area contributed by atoms with Crippen LogP contribution in [0.25, 0.3) is 0 Å². The third-order valence-corrected chi connectivity index (χ3v) is 5.39. The van der Waals surface area contributed by atoms with Gasteiger partial charge in [-0.3, -0.25) is 0 Å². The molecule has 1 aromatic rings. The van der Waals surface area contributed by atoms with E-state index in [1.165, 1.54) is 82.7 Å². The highest BCUT2D eigenvalue weighted by atomic mass is 16.4. The zero-order chi connectivity index (χ0) is 22.5. The van der Waals surface area contributed by atoms with Crippen LogP contribution in [0.1, 0.15) is 103 Å². The molecule has 2 N–H and O–H groups in total. The van der Waals surface area contributed by atoms with Crippen molar-refractivity contribution < 1.29 is 15.0 Å². The first-order valence-electron chi connectivity index (χ1n) is 12.1. The van der Waals surface area contributed by atoms with E-state index in [1.54, 1.807) is 0 Å². The van der Waals surface area contributed by atoms with Crippen LogP contribution >= 0.6 is 0 Å². The monoisotopic (exact) mass is 421 g/mol. The van der Waals surface area contributed by atoms with Crippen molar-refractivity contribution in [3.63, 3.8) is 0 Å². The molecule has 0 spiro atoms. The minimum atomic E-state index is -1.16. The summed E-state index contributed by atoms with van der Waals surface area (Å²) >= 11 is 0. The Kier molecular flexibility index (Phi) is 19.6. The molecule has 1 aromatic carbocycles. The number of aliphatic hydroxyl groups is 1. The molecule has 0 aliphatic heterocycles. The maximum absolute atomic E-state index is 10.4. The maximum atomic E-state index is 10.4. The number of nitrogens with zero attached hydrogens (tertiary/aromatic N) is 1. The molecule has 0 aromatic heterocycles. The Morgan fingerprint density at radius 2 is 1.17 bits per heavy atom. The Labute approximate surface area is 185 Å². The van der Waals surface area contributed by atoms with E-state index in [0.29, 0.717) is 6.42 Å². The van der Waals surface area contributed by atoms with E-state index in [1.807, 2.05) is 32.3 Å². The van der Waals surface area contributed by atoms with Crippen molar-refractivity contribution in [3.05, 3.63) is 30.3 Å². The molecular weight excluding hydrogens is 374 g/mol. The van der Waals surface area contributed by atoms with Crippen LogP contribution in [0.4, 0.5) is 5.69 Å². The number of aliphatic hydroxyl groups excluding tert-OH is 1. The van der Waals surface area contributed by atoms with Gasteiger partial charge in [0.15, 0.2) is 6.10 Å². The predicted octanol–water partition coefficient (Wildman–Crippen LogP) is 7.06. The fraction of sp³-hybridized carbons (Fsp3) is 0.731. The lowest BCUT2D eigenvalue weighted by Crippen LogP contribution is -2.18. The molecule has 4 heteroatoms. The first-order valence-corrected chi connectivity index (χ1v) is 12.1.